The number of aliphatic hydroxyl groups excluding tert-OH is 1. The predicted octanol–water partition coefficient (Wildman–Crippen LogP) is 3.54. The minimum Gasteiger partial charge on any atom is -0.445 e. The second-order valence-electron chi connectivity index (χ2n) is 9.91. The predicted molar refractivity (Wildman–Crippen MR) is 135 cm³/mol. The highest BCUT2D eigenvalue weighted by Gasteiger charge is 2.34. The molecule has 1 aliphatic heterocycles. The van der Waals surface area contributed by atoms with Gasteiger partial charge in [0.05, 0.1) is 6.10 Å². The van der Waals surface area contributed by atoms with E-state index < -0.39 is 17.8 Å². The number of benzene rings is 2. The third-order valence-electron chi connectivity index (χ3n) is 7.37. The summed E-state index contributed by atoms with van der Waals surface area (Å²) >= 11 is 0. The van der Waals surface area contributed by atoms with Crippen LogP contribution < -0.4 is 11.1 Å². The Morgan fingerprint density at radius 1 is 1.00 bits per heavy atom. The maximum Gasteiger partial charge on any atom is 0.410 e. The molecule has 3 amide bonds. The fraction of sp³-hybridized carbons (Fsp3) is 0.464. The van der Waals surface area contributed by atoms with Gasteiger partial charge in [0.1, 0.15) is 18.5 Å². The monoisotopic (exact) mass is 511 g/mol. The first-order valence-electron chi connectivity index (χ1n) is 12.9. The van der Waals surface area contributed by atoms with Gasteiger partial charge in [0.2, 0.25) is 11.8 Å². The summed E-state index contributed by atoms with van der Waals surface area (Å²) in [5, 5.41) is 12.4. The first-order chi connectivity index (χ1) is 17.8. The van der Waals surface area contributed by atoms with Crippen LogP contribution in [0.1, 0.15) is 67.2 Å². The van der Waals surface area contributed by atoms with Gasteiger partial charge in [-0.2, -0.15) is 0 Å². The number of halogens is 1. The molecule has 2 aromatic carbocycles. The number of amides is 3. The third-order valence-corrected chi connectivity index (χ3v) is 7.37. The molecule has 3 atom stereocenters. The number of primary amides is 1. The lowest BCUT2D eigenvalue weighted by Crippen LogP contribution is -2.42. The summed E-state index contributed by atoms with van der Waals surface area (Å²) in [5.41, 5.74) is 7.85. The lowest BCUT2D eigenvalue weighted by atomic mass is 9.74. The van der Waals surface area contributed by atoms with Crippen LogP contribution in [0.3, 0.4) is 0 Å². The Hall–Kier alpha value is -3.46. The molecule has 1 heterocycles. The number of hydrogen-bond donors (Lipinski definition) is 3. The zero-order valence-corrected chi connectivity index (χ0v) is 20.8. The standard InChI is InChI=1S/C28H34FN3O5/c29-21-11-9-20(10-12-21)25(26(30)34)31-27(35)24-4-2-1-3-23(24)19-7-5-18(6-8-19)17-37-28(36)32-15-13-22(33)14-16-32/h5-12,22-25,33H,1-4,13-17H2,(H2,30,34)(H,31,35)/t23?,24-,25+/m1/s1. The highest BCUT2D eigenvalue weighted by molar-refractivity contribution is 5.89. The molecule has 1 saturated carbocycles. The lowest BCUT2D eigenvalue weighted by Gasteiger charge is -2.32. The Kier molecular flexibility index (Phi) is 8.76. The topological polar surface area (TPSA) is 122 Å². The Morgan fingerprint density at radius 2 is 1.65 bits per heavy atom. The fourth-order valence-corrected chi connectivity index (χ4v) is 5.21. The normalized spacial score (nSPS) is 21.2. The van der Waals surface area contributed by atoms with E-state index in [1.165, 1.54) is 24.3 Å². The third kappa shape index (κ3) is 6.85. The Bertz CT molecular complexity index is 1080. The molecule has 4 rings (SSSR count). The van der Waals surface area contributed by atoms with Crippen LogP contribution in [0.5, 0.6) is 0 Å². The number of aliphatic hydroxyl groups is 1. The molecule has 1 saturated heterocycles. The molecule has 2 aromatic rings. The highest BCUT2D eigenvalue weighted by Crippen LogP contribution is 2.38. The molecule has 1 aliphatic carbocycles. The number of piperidine rings is 1. The quantitative estimate of drug-likeness (QED) is 0.525. The molecule has 2 aliphatic rings. The molecule has 198 valence electrons. The van der Waals surface area contributed by atoms with E-state index in [0.29, 0.717) is 37.9 Å². The molecule has 9 heteroatoms. The van der Waals surface area contributed by atoms with Gasteiger partial charge in [-0.3, -0.25) is 9.59 Å². The smallest absolute Gasteiger partial charge is 0.410 e. The van der Waals surface area contributed by atoms with E-state index in [1.54, 1.807) is 4.90 Å². The largest absolute Gasteiger partial charge is 0.445 e. The number of carbonyl (C=O) groups is 3. The van der Waals surface area contributed by atoms with Crippen molar-refractivity contribution in [3.8, 4) is 0 Å². The van der Waals surface area contributed by atoms with Crippen LogP contribution in [0.15, 0.2) is 48.5 Å². The number of carbonyl (C=O) groups excluding carboxylic acids is 3. The average molecular weight is 512 g/mol. The first-order valence-corrected chi connectivity index (χ1v) is 12.9. The number of ether oxygens (including phenoxy) is 1. The maximum atomic E-state index is 13.3. The summed E-state index contributed by atoms with van der Waals surface area (Å²) in [6.45, 7) is 1.12. The van der Waals surface area contributed by atoms with Crippen LogP contribution in [-0.4, -0.2) is 47.1 Å². The van der Waals surface area contributed by atoms with Gasteiger partial charge in [0.25, 0.3) is 0 Å². The first kappa shape index (κ1) is 26.6. The molecular weight excluding hydrogens is 477 g/mol. The average Bonchev–Trinajstić information content (AvgIpc) is 2.91. The number of hydrogen-bond acceptors (Lipinski definition) is 5. The van der Waals surface area contributed by atoms with E-state index in [1.807, 2.05) is 24.3 Å². The molecule has 0 radical (unpaired) electrons. The van der Waals surface area contributed by atoms with Crippen LogP contribution in [0.25, 0.3) is 0 Å². The number of rotatable bonds is 7. The van der Waals surface area contributed by atoms with Gasteiger partial charge in [0, 0.05) is 19.0 Å². The molecular formula is C28H34FN3O5. The summed E-state index contributed by atoms with van der Waals surface area (Å²) in [6, 6.07) is 12.1. The molecule has 8 nitrogen and oxygen atoms in total. The van der Waals surface area contributed by atoms with E-state index in [9.17, 15) is 23.9 Å². The van der Waals surface area contributed by atoms with Crippen molar-refractivity contribution in [2.24, 2.45) is 11.7 Å². The molecule has 2 fully saturated rings. The molecule has 0 aromatic heterocycles. The van der Waals surface area contributed by atoms with Crippen LogP contribution in [0.2, 0.25) is 0 Å². The van der Waals surface area contributed by atoms with Gasteiger partial charge >= 0.3 is 6.09 Å². The van der Waals surface area contributed by atoms with Gasteiger partial charge < -0.3 is 25.8 Å². The van der Waals surface area contributed by atoms with Crippen LogP contribution in [0.4, 0.5) is 9.18 Å². The molecule has 4 N–H and O–H groups in total. The number of nitrogens with zero attached hydrogens (tertiary/aromatic N) is 1. The fourth-order valence-electron chi connectivity index (χ4n) is 5.21. The van der Waals surface area contributed by atoms with E-state index in [-0.39, 0.29) is 36.5 Å². The highest BCUT2D eigenvalue weighted by atomic mass is 19.1. The van der Waals surface area contributed by atoms with Crippen molar-refractivity contribution in [2.45, 2.75) is 63.2 Å². The van der Waals surface area contributed by atoms with E-state index >= 15 is 0 Å². The van der Waals surface area contributed by atoms with Crippen molar-refractivity contribution in [1.82, 2.24) is 10.2 Å². The Morgan fingerprint density at radius 3 is 2.30 bits per heavy atom. The SMILES string of the molecule is NC(=O)[C@@H](NC(=O)[C@@H]1CCCCC1c1ccc(COC(=O)N2CCC(O)CC2)cc1)c1ccc(F)cc1. The number of likely N-dealkylation sites (tertiary alicyclic amines) is 1. The van der Waals surface area contributed by atoms with Gasteiger partial charge in [-0.1, -0.05) is 49.2 Å². The van der Waals surface area contributed by atoms with Gasteiger partial charge in [0.15, 0.2) is 0 Å². The van der Waals surface area contributed by atoms with Crippen molar-refractivity contribution < 1.29 is 28.6 Å². The van der Waals surface area contributed by atoms with Crippen molar-refractivity contribution in [2.75, 3.05) is 13.1 Å². The maximum absolute atomic E-state index is 13.3. The Labute approximate surface area is 216 Å². The van der Waals surface area contributed by atoms with Gasteiger partial charge in [-0.25, -0.2) is 9.18 Å². The van der Waals surface area contributed by atoms with Crippen molar-refractivity contribution >= 4 is 17.9 Å². The molecule has 0 spiro atoms. The molecule has 37 heavy (non-hydrogen) atoms. The van der Waals surface area contributed by atoms with Gasteiger partial charge in [-0.05, 0) is 60.4 Å². The zero-order valence-electron chi connectivity index (χ0n) is 20.8. The van der Waals surface area contributed by atoms with Crippen molar-refractivity contribution in [1.29, 1.82) is 0 Å². The molecule has 1 unspecified atom stereocenters. The second kappa shape index (κ2) is 12.2. The minimum absolute atomic E-state index is 0.0214. The van der Waals surface area contributed by atoms with Crippen molar-refractivity contribution in [3.63, 3.8) is 0 Å². The minimum atomic E-state index is -1.03. The van der Waals surface area contributed by atoms with Crippen LogP contribution in [0, 0.1) is 11.7 Å². The van der Waals surface area contributed by atoms with Crippen molar-refractivity contribution in [3.05, 3.63) is 71.0 Å². The zero-order chi connectivity index (χ0) is 26.4. The van der Waals surface area contributed by atoms with E-state index in [0.717, 1.165) is 30.4 Å². The Balaban J connectivity index is 1.38. The number of nitrogens with one attached hydrogen (secondary N) is 1. The van der Waals surface area contributed by atoms with Crippen LogP contribution in [-0.2, 0) is 20.9 Å². The van der Waals surface area contributed by atoms with Crippen LogP contribution >= 0.6 is 0 Å². The number of nitrogens with two attached hydrogens (primary N) is 1. The van der Waals surface area contributed by atoms with Gasteiger partial charge in [-0.15, -0.1) is 0 Å². The summed E-state index contributed by atoms with van der Waals surface area (Å²) in [4.78, 5) is 39.3. The summed E-state index contributed by atoms with van der Waals surface area (Å²) in [7, 11) is 0. The summed E-state index contributed by atoms with van der Waals surface area (Å²) in [6.07, 6.45) is 3.81. The second-order valence-corrected chi connectivity index (χ2v) is 9.91. The van der Waals surface area contributed by atoms with E-state index in [4.69, 9.17) is 10.5 Å². The molecule has 0 bridgehead atoms. The lowest BCUT2D eigenvalue weighted by molar-refractivity contribution is -0.131. The van der Waals surface area contributed by atoms with E-state index in [2.05, 4.69) is 5.32 Å². The summed E-state index contributed by atoms with van der Waals surface area (Å²) < 4.78 is 18.8. The summed E-state index contributed by atoms with van der Waals surface area (Å²) in [5.74, 6) is -1.73.